The molecule has 0 bridgehead atoms. The Morgan fingerprint density at radius 3 is 2.58 bits per heavy atom. The fraction of sp³-hybridized carbons (Fsp3) is 0.429. The summed E-state index contributed by atoms with van der Waals surface area (Å²) in [6, 6.07) is 6.44. The van der Waals surface area contributed by atoms with Gasteiger partial charge in [0.15, 0.2) is 0 Å². The molecule has 2 aromatic rings. The molecule has 0 amide bonds. The van der Waals surface area contributed by atoms with E-state index in [1.807, 2.05) is 7.05 Å². The van der Waals surface area contributed by atoms with Crippen LogP contribution in [0, 0.1) is 13.8 Å². The van der Waals surface area contributed by atoms with Gasteiger partial charge in [-0.25, -0.2) is 9.48 Å². The second kappa shape index (κ2) is 5.40. The number of hydrogen-bond donors (Lipinski definition) is 1. The van der Waals surface area contributed by atoms with Crippen molar-refractivity contribution < 1.29 is 0 Å². The van der Waals surface area contributed by atoms with Gasteiger partial charge in [0, 0.05) is 7.05 Å². The molecule has 0 aliphatic heterocycles. The van der Waals surface area contributed by atoms with E-state index in [4.69, 9.17) is 0 Å². The molecule has 5 nitrogen and oxygen atoms in total. The zero-order valence-corrected chi connectivity index (χ0v) is 11.8. The lowest BCUT2D eigenvalue weighted by molar-refractivity contribution is 0.455. The van der Waals surface area contributed by atoms with Crippen molar-refractivity contribution >= 4 is 0 Å². The quantitative estimate of drug-likeness (QED) is 0.897. The summed E-state index contributed by atoms with van der Waals surface area (Å²) in [4.78, 5) is 11.8. The predicted molar refractivity (Wildman–Crippen MR) is 75.2 cm³/mol. The molecule has 0 fully saturated rings. The Kier molecular flexibility index (Phi) is 3.85. The van der Waals surface area contributed by atoms with Gasteiger partial charge in [-0.05, 0) is 37.6 Å². The first-order valence-corrected chi connectivity index (χ1v) is 6.35. The van der Waals surface area contributed by atoms with Crippen LogP contribution in [-0.2, 0) is 13.6 Å². The second-order valence-electron chi connectivity index (χ2n) is 4.89. The maximum atomic E-state index is 11.8. The first-order chi connectivity index (χ1) is 9.02. The highest BCUT2D eigenvalue weighted by Gasteiger charge is 2.13. The number of nitrogens with one attached hydrogen (secondary N) is 1. The Balaban J connectivity index is 2.27. The van der Waals surface area contributed by atoms with Gasteiger partial charge in [0.25, 0.3) is 0 Å². The van der Waals surface area contributed by atoms with Gasteiger partial charge in [0.05, 0.1) is 12.6 Å². The van der Waals surface area contributed by atoms with E-state index in [2.05, 4.69) is 42.5 Å². The molecule has 5 heteroatoms. The lowest BCUT2D eigenvalue weighted by Gasteiger charge is -2.17. The number of aromatic nitrogens is 3. The van der Waals surface area contributed by atoms with Gasteiger partial charge in [-0.1, -0.05) is 18.2 Å². The van der Waals surface area contributed by atoms with E-state index >= 15 is 0 Å². The van der Waals surface area contributed by atoms with E-state index in [1.54, 1.807) is 7.05 Å². The van der Waals surface area contributed by atoms with E-state index in [1.165, 1.54) is 32.3 Å². The Labute approximate surface area is 112 Å². The van der Waals surface area contributed by atoms with E-state index in [0.29, 0.717) is 6.54 Å². The van der Waals surface area contributed by atoms with Crippen LogP contribution in [0.3, 0.4) is 0 Å². The van der Waals surface area contributed by atoms with E-state index < -0.39 is 0 Å². The van der Waals surface area contributed by atoms with Crippen molar-refractivity contribution in [3.8, 4) is 0 Å². The average molecular weight is 260 g/mol. The minimum absolute atomic E-state index is 0.0758. The van der Waals surface area contributed by atoms with Crippen LogP contribution in [0.2, 0.25) is 0 Å². The average Bonchev–Trinajstić information content (AvgIpc) is 2.71. The molecule has 1 aromatic carbocycles. The molecule has 1 unspecified atom stereocenters. The normalized spacial score (nSPS) is 12.6. The standard InChI is InChI=1S/C14H20N4O/c1-10-5-6-12(7-11(10)2)13(15-3)8-18-14(19)17(4)9-16-18/h5-7,9,13,15H,8H2,1-4H3. The molecule has 1 aromatic heterocycles. The van der Waals surface area contributed by atoms with Crippen LogP contribution in [0.5, 0.6) is 0 Å². The molecule has 1 atom stereocenters. The fourth-order valence-corrected chi connectivity index (χ4v) is 2.06. The van der Waals surface area contributed by atoms with Gasteiger partial charge in [-0.15, -0.1) is 0 Å². The smallest absolute Gasteiger partial charge is 0.311 e. The maximum absolute atomic E-state index is 11.8. The second-order valence-corrected chi connectivity index (χ2v) is 4.89. The Hall–Kier alpha value is -1.88. The topological polar surface area (TPSA) is 51.9 Å². The van der Waals surface area contributed by atoms with Crippen molar-refractivity contribution in [2.45, 2.75) is 26.4 Å². The largest absolute Gasteiger partial charge is 0.345 e. The molecule has 0 aliphatic rings. The predicted octanol–water partition coefficient (Wildman–Crippen LogP) is 1.16. The van der Waals surface area contributed by atoms with Gasteiger partial charge in [0.1, 0.15) is 6.33 Å². The minimum Gasteiger partial charge on any atom is -0.311 e. The van der Waals surface area contributed by atoms with Gasteiger partial charge in [-0.3, -0.25) is 4.57 Å². The van der Waals surface area contributed by atoms with E-state index in [-0.39, 0.29) is 11.7 Å². The van der Waals surface area contributed by atoms with Crippen LogP contribution in [0.4, 0.5) is 0 Å². The molecule has 0 spiro atoms. The highest BCUT2D eigenvalue weighted by Crippen LogP contribution is 2.17. The first-order valence-electron chi connectivity index (χ1n) is 6.35. The van der Waals surface area contributed by atoms with E-state index in [0.717, 1.165) is 0 Å². The highest BCUT2D eigenvalue weighted by molar-refractivity contribution is 5.31. The lowest BCUT2D eigenvalue weighted by Crippen LogP contribution is -2.30. The summed E-state index contributed by atoms with van der Waals surface area (Å²) in [5.74, 6) is 0. The molecule has 0 aliphatic carbocycles. The highest BCUT2D eigenvalue weighted by atomic mass is 16.2. The molecule has 102 valence electrons. The molecule has 0 saturated carbocycles. The molecular weight excluding hydrogens is 240 g/mol. The van der Waals surface area contributed by atoms with Crippen LogP contribution in [-0.4, -0.2) is 21.4 Å². The zero-order chi connectivity index (χ0) is 14.0. The van der Waals surface area contributed by atoms with Crippen molar-refractivity contribution in [2.24, 2.45) is 7.05 Å². The van der Waals surface area contributed by atoms with Gasteiger partial charge >= 0.3 is 5.69 Å². The van der Waals surface area contributed by atoms with Crippen molar-refractivity contribution in [1.82, 2.24) is 19.7 Å². The third-order valence-electron chi connectivity index (χ3n) is 3.52. The maximum Gasteiger partial charge on any atom is 0.345 e. The Morgan fingerprint density at radius 2 is 2.05 bits per heavy atom. The number of aryl methyl sites for hydroxylation is 3. The van der Waals surface area contributed by atoms with Crippen LogP contribution in [0.1, 0.15) is 22.7 Å². The number of hydrogen-bond acceptors (Lipinski definition) is 3. The number of rotatable bonds is 4. The van der Waals surface area contributed by atoms with Crippen molar-refractivity contribution in [3.05, 3.63) is 51.7 Å². The molecule has 1 heterocycles. The fourth-order valence-electron chi connectivity index (χ4n) is 2.06. The molecule has 0 saturated heterocycles. The van der Waals surface area contributed by atoms with Crippen LogP contribution in [0.25, 0.3) is 0 Å². The minimum atomic E-state index is -0.0934. The van der Waals surface area contributed by atoms with E-state index in [9.17, 15) is 4.79 Å². The summed E-state index contributed by atoms with van der Waals surface area (Å²) in [6.07, 6.45) is 1.54. The van der Waals surface area contributed by atoms with Crippen LogP contribution < -0.4 is 11.0 Å². The summed E-state index contributed by atoms with van der Waals surface area (Å²) < 4.78 is 2.96. The summed E-state index contributed by atoms with van der Waals surface area (Å²) >= 11 is 0. The lowest BCUT2D eigenvalue weighted by atomic mass is 10.0. The van der Waals surface area contributed by atoms with Crippen LogP contribution >= 0.6 is 0 Å². The van der Waals surface area contributed by atoms with Crippen molar-refractivity contribution in [2.75, 3.05) is 7.05 Å². The third-order valence-corrected chi connectivity index (χ3v) is 3.52. The Bertz CT molecular complexity index is 627. The molecule has 2 rings (SSSR count). The number of benzene rings is 1. The summed E-state index contributed by atoms with van der Waals surface area (Å²) in [5, 5.41) is 7.34. The SMILES string of the molecule is CNC(Cn1ncn(C)c1=O)c1ccc(C)c(C)c1. The summed E-state index contributed by atoms with van der Waals surface area (Å²) in [5.41, 5.74) is 3.60. The number of likely N-dealkylation sites (N-methyl/N-ethyl adjacent to an activating group) is 1. The molecule has 0 radical (unpaired) electrons. The molecule has 19 heavy (non-hydrogen) atoms. The Morgan fingerprint density at radius 1 is 1.32 bits per heavy atom. The first kappa shape index (κ1) is 13.5. The molecular formula is C14H20N4O. The van der Waals surface area contributed by atoms with Crippen molar-refractivity contribution in [3.63, 3.8) is 0 Å². The summed E-state index contributed by atoms with van der Waals surface area (Å²) in [6.45, 7) is 4.72. The zero-order valence-electron chi connectivity index (χ0n) is 11.8. The van der Waals surface area contributed by atoms with Gasteiger partial charge in [-0.2, -0.15) is 5.10 Å². The van der Waals surface area contributed by atoms with Crippen molar-refractivity contribution in [1.29, 1.82) is 0 Å². The van der Waals surface area contributed by atoms with Gasteiger partial charge < -0.3 is 5.32 Å². The summed E-state index contributed by atoms with van der Waals surface area (Å²) in [7, 11) is 3.60. The monoisotopic (exact) mass is 260 g/mol. The molecule has 1 N–H and O–H groups in total. The third kappa shape index (κ3) is 2.76. The van der Waals surface area contributed by atoms with Gasteiger partial charge in [0.2, 0.25) is 0 Å². The number of nitrogens with zero attached hydrogens (tertiary/aromatic N) is 3. The van der Waals surface area contributed by atoms with Crippen LogP contribution in [0.15, 0.2) is 29.3 Å².